The zero-order valence-corrected chi connectivity index (χ0v) is 13.4. The van der Waals surface area contributed by atoms with E-state index in [1.54, 1.807) is 12.3 Å². The molecule has 1 fully saturated rings. The maximum atomic E-state index is 12.9. The van der Waals surface area contributed by atoms with Gasteiger partial charge in [0.05, 0.1) is 11.1 Å². The highest BCUT2D eigenvalue weighted by atomic mass is 35.5. The van der Waals surface area contributed by atoms with Gasteiger partial charge in [0, 0.05) is 35.7 Å². The van der Waals surface area contributed by atoms with Crippen molar-refractivity contribution in [2.24, 2.45) is 11.7 Å². The van der Waals surface area contributed by atoms with E-state index in [1.165, 1.54) is 0 Å². The average molecular weight is 318 g/mol. The van der Waals surface area contributed by atoms with E-state index < -0.39 is 0 Å². The third kappa shape index (κ3) is 2.94. The lowest BCUT2D eigenvalue weighted by molar-refractivity contribution is 0.0663. The highest BCUT2D eigenvalue weighted by molar-refractivity contribution is 6.32. The van der Waals surface area contributed by atoms with E-state index in [1.807, 2.05) is 30.0 Å². The molecule has 0 saturated carbocycles. The van der Waals surface area contributed by atoms with Gasteiger partial charge in [0.15, 0.2) is 0 Å². The molecule has 22 heavy (non-hydrogen) atoms. The summed E-state index contributed by atoms with van der Waals surface area (Å²) in [5.41, 5.74) is 7.30. The minimum absolute atomic E-state index is 0.00319. The summed E-state index contributed by atoms with van der Waals surface area (Å²) in [4.78, 5) is 19.2. The number of fused-ring (bicyclic) bond motifs is 1. The maximum Gasteiger partial charge on any atom is 0.256 e. The second-order valence-electron chi connectivity index (χ2n) is 6.04. The van der Waals surface area contributed by atoms with Gasteiger partial charge in [0.1, 0.15) is 0 Å². The van der Waals surface area contributed by atoms with Crippen LogP contribution in [-0.2, 0) is 0 Å². The number of hydrogen-bond donors (Lipinski definition) is 1. The number of amides is 1. The van der Waals surface area contributed by atoms with E-state index in [2.05, 4.69) is 4.98 Å². The lowest BCUT2D eigenvalue weighted by atomic mass is 9.91. The molecule has 2 unspecified atom stereocenters. The number of likely N-dealkylation sites (tertiary alicyclic amines) is 1. The van der Waals surface area contributed by atoms with Crippen LogP contribution in [0.4, 0.5) is 0 Å². The molecule has 1 saturated heterocycles. The van der Waals surface area contributed by atoms with E-state index in [-0.39, 0.29) is 11.9 Å². The van der Waals surface area contributed by atoms with Gasteiger partial charge in [-0.05, 0) is 43.9 Å². The fraction of sp³-hybridized carbons (Fsp3) is 0.412. The number of halogens is 1. The summed E-state index contributed by atoms with van der Waals surface area (Å²) < 4.78 is 0. The van der Waals surface area contributed by atoms with Gasteiger partial charge in [-0.15, -0.1) is 0 Å². The zero-order valence-electron chi connectivity index (χ0n) is 12.6. The quantitative estimate of drug-likeness (QED) is 0.926. The van der Waals surface area contributed by atoms with Crippen LogP contribution in [0.2, 0.25) is 5.02 Å². The van der Waals surface area contributed by atoms with Crippen LogP contribution in [0.15, 0.2) is 30.5 Å². The number of nitrogens with two attached hydrogens (primary N) is 1. The van der Waals surface area contributed by atoms with Gasteiger partial charge >= 0.3 is 0 Å². The average Bonchev–Trinajstić information content (AvgIpc) is 2.53. The van der Waals surface area contributed by atoms with E-state index >= 15 is 0 Å². The Morgan fingerprint density at radius 2 is 2.32 bits per heavy atom. The number of benzene rings is 1. The molecular formula is C17H20ClN3O. The van der Waals surface area contributed by atoms with Crippen molar-refractivity contribution in [3.05, 3.63) is 41.0 Å². The van der Waals surface area contributed by atoms with E-state index in [0.29, 0.717) is 28.6 Å². The van der Waals surface area contributed by atoms with Crippen LogP contribution in [0.1, 0.15) is 30.1 Å². The van der Waals surface area contributed by atoms with Gasteiger partial charge in [0.25, 0.3) is 5.91 Å². The Labute approximate surface area is 135 Å². The number of aromatic nitrogens is 1. The van der Waals surface area contributed by atoms with Crippen LogP contribution in [-0.4, -0.2) is 34.9 Å². The normalized spacial score (nSPS) is 20.1. The van der Waals surface area contributed by atoms with Crippen LogP contribution >= 0.6 is 11.6 Å². The molecule has 3 rings (SSSR count). The third-order valence-electron chi connectivity index (χ3n) is 4.39. The van der Waals surface area contributed by atoms with Crippen LogP contribution in [0.25, 0.3) is 10.9 Å². The lowest BCUT2D eigenvalue weighted by Crippen LogP contribution is -2.45. The summed E-state index contributed by atoms with van der Waals surface area (Å²) in [6.07, 6.45) is 3.77. The summed E-state index contributed by atoms with van der Waals surface area (Å²) in [7, 11) is 0. The second kappa shape index (κ2) is 6.23. The van der Waals surface area contributed by atoms with Gasteiger partial charge in [-0.1, -0.05) is 17.7 Å². The van der Waals surface area contributed by atoms with Crippen LogP contribution in [0.3, 0.4) is 0 Å². The van der Waals surface area contributed by atoms with Gasteiger partial charge in [-0.25, -0.2) is 0 Å². The number of rotatable bonds is 2. The standard InChI is InChI=1S/C17H20ClN3O/c1-11(19)13-5-3-7-21(10-13)17(22)15-9-14(18)8-12-4-2-6-20-16(12)15/h2,4,6,8-9,11,13H,3,5,7,10,19H2,1H3. The molecular weight excluding hydrogens is 298 g/mol. The number of piperidine rings is 1. The van der Waals surface area contributed by atoms with Crippen molar-refractivity contribution < 1.29 is 4.79 Å². The molecule has 0 aliphatic carbocycles. The second-order valence-corrected chi connectivity index (χ2v) is 6.48. The Morgan fingerprint density at radius 1 is 1.50 bits per heavy atom. The Kier molecular flexibility index (Phi) is 4.32. The van der Waals surface area contributed by atoms with E-state index in [9.17, 15) is 4.79 Å². The summed E-state index contributed by atoms with van der Waals surface area (Å²) in [6, 6.07) is 7.42. The molecule has 1 aliphatic heterocycles. The highest BCUT2D eigenvalue weighted by Crippen LogP contribution is 2.26. The summed E-state index contributed by atoms with van der Waals surface area (Å²) >= 11 is 6.17. The van der Waals surface area contributed by atoms with Crippen molar-refractivity contribution in [3.8, 4) is 0 Å². The molecule has 116 valence electrons. The van der Waals surface area contributed by atoms with Crippen molar-refractivity contribution in [2.45, 2.75) is 25.8 Å². The smallest absolute Gasteiger partial charge is 0.256 e. The fourth-order valence-electron chi connectivity index (χ4n) is 3.11. The van der Waals surface area contributed by atoms with Crippen molar-refractivity contribution in [1.82, 2.24) is 9.88 Å². The van der Waals surface area contributed by atoms with Crippen LogP contribution in [0, 0.1) is 5.92 Å². The van der Waals surface area contributed by atoms with Crippen molar-refractivity contribution in [2.75, 3.05) is 13.1 Å². The first-order chi connectivity index (χ1) is 10.6. The largest absolute Gasteiger partial charge is 0.338 e. The molecule has 5 heteroatoms. The Hall–Kier alpha value is -1.65. The minimum atomic E-state index is -0.00319. The van der Waals surface area contributed by atoms with Crippen LogP contribution in [0.5, 0.6) is 0 Å². The predicted octanol–water partition coefficient (Wildman–Crippen LogP) is 3.09. The number of carbonyl (C=O) groups excluding carboxylic acids is 1. The molecule has 2 N–H and O–H groups in total. The van der Waals surface area contributed by atoms with E-state index in [4.69, 9.17) is 17.3 Å². The number of pyridine rings is 1. The number of nitrogens with zero attached hydrogens (tertiary/aromatic N) is 2. The van der Waals surface area contributed by atoms with Crippen molar-refractivity contribution in [1.29, 1.82) is 0 Å². The monoisotopic (exact) mass is 317 g/mol. The van der Waals surface area contributed by atoms with Gasteiger partial charge in [-0.2, -0.15) is 0 Å². The Bertz CT molecular complexity index is 701. The van der Waals surface area contributed by atoms with Gasteiger partial charge in [0.2, 0.25) is 0 Å². The first-order valence-electron chi connectivity index (χ1n) is 7.65. The molecule has 2 atom stereocenters. The number of carbonyl (C=O) groups is 1. The highest BCUT2D eigenvalue weighted by Gasteiger charge is 2.27. The molecule has 2 heterocycles. The van der Waals surface area contributed by atoms with Gasteiger partial charge in [-0.3, -0.25) is 9.78 Å². The summed E-state index contributed by atoms with van der Waals surface area (Å²) in [5.74, 6) is 0.354. The zero-order chi connectivity index (χ0) is 15.7. The fourth-order valence-corrected chi connectivity index (χ4v) is 3.34. The molecule has 2 aromatic rings. The molecule has 0 bridgehead atoms. The first-order valence-corrected chi connectivity index (χ1v) is 8.03. The molecule has 1 aromatic heterocycles. The predicted molar refractivity (Wildman–Crippen MR) is 89.0 cm³/mol. The molecule has 0 radical (unpaired) electrons. The summed E-state index contributed by atoms with van der Waals surface area (Å²) in [6.45, 7) is 3.48. The number of hydrogen-bond acceptors (Lipinski definition) is 3. The molecule has 1 aromatic carbocycles. The van der Waals surface area contributed by atoms with Gasteiger partial charge < -0.3 is 10.6 Å². The summed E-state index contributed by atoms with van der Waals surface area (Å²) in [5, 5.41) is 1.45. The third-order valence-corrected chi connectivity index (χ3v) is 4.61. The maximum absolute atomic E-state index is 12.9. The van der Waals surface area contributed by atoms with Crippen LogP contribution < -0.4 is 5.73 Å². The van der Waals surface area contributed by atoms with E-state index in [0.717, 1.165) is 24.8 Å². The van der Waals surface area contributed by atoms with Crippen molar-refractivity contribution >= 4 is 28.4 Å². The first kappa shape index (κ1) is 15.3. The Balaban J connectivity index is 1.95. The molecule has 0 spiro atoms. The van der Waals surface area contributed by atoms with Crippen molar-refractivity contribution in [3.63, 3.8) is 0 Å². The lowest BCUT2D eigenvalue weighted by Gasteiger charge is -2.34. The molecule has 1 aliphatic rings. The SMILES string of the molecule is CC(N)C1CCCN(C(=O)c2cc(Cl)cc3cccnc23)C1. The topological polar surface area (TPSA) is 59.2 Å². The minimum Gasteiger partial charge on any atom is -0.338 e. The Morgan fingerprint density at radius 3 is 3.09 bits per heavy atom. The molecule has 4 nitrogen and oxygen atoms in total. The molecule has 1 amide bonds.